The van der Waals surface area contributed by atoms with Gasteiger partial charge in [0, 0.05) is 10.9 Å². The van der Waals surface area contributed by atoms with Crippen LogP contribution in [0.4, 0.5) is 0 Å². The molecule has 1 rings (SSSR count). The summed E-state index contributed by atoms with van der Waals surface area (Å²) in [5, 5.41) is 5.28. The minimum Gasteiger partial charge on any atom is -0.313 e. The fourth-order valence-corrected chi connectivity index (χ4v) is 1.47. The summed E-state index contributed by atoms with van der Waals surface area (Å²) < 4.78 is 0. The van der Waals surface area contributed by atoms with E-state index in [4.69, 9.17) is 0 Å². The lowest BCUT2D eigenvalue weighted by atomic mass is 10.3. The molecule has 1 aromatic rings. The quantitative estimate of drug-likeness (QED) is 0.664. The van der Waals surface area contributed by atoms with Crippen molar-refractivity contribution in [3.8, 4) is 0 Å². The van der Waals surface area contributed by atoms with Gasteiger partial charge in [0.2, 0.25) is 0 Å². The Labute approximate surface area is 59.7 Å². The van der Waals surface area contributed by atoms with Gasteiger partial charge in [0.15, 0.2) is 0 Å². The van der Waals surface area contributed by atoms with Crippen LogP contribution in [-0.4, -0.2) is 7.05 Å². The molecule has 0 aliphatic carbocycles. The first-order chi connectivity index (χ1) is 4.34. The highest BCUT2D eigenvalue weighted by atomic mass is 32.1. The molecule has 1 N–H and O–H groups in total. The molecule has 0 aliphatic heterocycles. The van der Waals surface area contributed by atoms with Gasteiger partial charge in [-0.25, -0.2) is 0 Å². The molecule has 1 heterocycles. The van der Waals surface area contributed by atoms with Crippen molar-refractivity contribution in [2.75, 3.05) is 7.05 Å². The first kappa shape index (κ1) is 6.78. The molecule has 0 amide bonds. The summed E-state index contributed by atoms with van der Waals surface area (Å²) in [6, 6.07) is 4.73. The molecule has 0 fully saturated rings. The van der Waals surface area contributed by atoms with Crippen molar-refractivity contribution in [2.45, 2.75) is 13.0 Å². The Morgan fingerprint density at radius 1 is 1.67 bits per heavy atom. The minimum atomic E-state index is 0.505. The van der Waals surface area contributed by atoms with Gasteiger partial charge < -0.3 is 5.32 Å². The zero-order chi connectivity index (χ0) is 6.69. The maximum atomic E-state index is 3.18. The summed E-state index contributed by atoms with van der Waals surface area (Å²) >= 11 is 1.79. The number of hydrogen-bond donors (Lipinski definition) is 1. The molecule has 9 heavy (non-hydrogen) atoms. The highest BCUT2D eigenvalue weighted by Gasteiger charge is 2.00. The Balaban J connectivity index is 2.65. The molecule has 0 spiro atoms. The van der Waals surface area contributed by atoms with E-state index >= 15 is 0 Å². The standard InChI is InChI=1S/C7H11NS/c1-6(8-2)7-4-3-5-9-7/h3-6,8H,1-2H3/t6-/m0/s1. The predicted octanol–water partition coefficient (Wildman–Crippen LogP) is 2.03. The van der Waals surface area contributed by atoms with Crippen molar-refractivity contribution < 1.29 is 0 Å². The number of thiophene rings is 1. The number of rotatable bonds is 2. The normalized spacial score (nSPS) is 13.6. The fraction of sp³-hybridized carbons (Fsp3) is 0.429. The summed E-state index contributed by atoms with van der Waals surface area (Å²) in [6.45, 7) is 2.16. The molecule has 1 atom stereocenters. The average molecular weight is 141 g/mol. The van der Waals surface area contributed by atoms with Gasteiger partial charge in [0.05, 0.1) is 0 Å². The van der Waals surface area contributed by atoms with Crippen LogP contribution in [0.3, 0.4) is 0 Å². The van der Waals surface area contributed by atoms with E-state index in [-0.39, 0.29) is 0 Å². The first-order valence-electron chi connectivity index (χ1n) is 3.05. The van der Waals surface area contributed by atoms with Crippen LogP contribution >= 0.6 is 11.3 Å². The number of hydrogen-bond acceptors (Lipinski definition) is 2. The molecule has 1 aromatic heterocycles. The van der Waals surface area contributed by atoms with E-state index in [2.05, 4.69) is 29.8 Å². The summed E-state index contributed by atoms with van der Waals surface area (Å²) in [4.78, 5) is 1.40. The monoisotopic (exact) mass is 141 g/mol. The van der Waals surface area contributed by atoms with Gasteiger partial charge >= 0.3 is 0 Å². The molecule has 0 saturated carbocycles. The maximum Gasteiger partial charge on any atom is 0.0383 e. The smallest absolute Gasteiger partial charge is 0.0383 e. The van der Waals surface area contributed by atoms with Crippen LogP contribution in [0.1, 0.15) is 17.8 Å². The Bertz CT molecular complexity index is 157. The van der Waals surface area contributed by atoms with E-state index in [0.29, 0.717) is 6.04 Å². The van der Waals surface area contributed by atoms with Crippen molar-refractivity contribution in [2.24, 2.45) is 0 Å². The van der Waals surface area contributed by atoms with Crippen LogP contribution in [0.2, 0.25) is 0 Å². The molecule has 0 unspecified atom stereocenters. The van der Waals surface area contributed by atoms with E-state index in [1.807, 2.05) is 7.05 Å². The number of nitrogens with one attached hydrogen (secondary N) is 1. The van der Waals surface area contributed by atoms with Crippen molar-refractivity contribution in [1.82, 2.24) is 5.32 Å². The van der Waals surface area contributed by atoms with Gasteiger partial charge in [-0.2, -0.15) is 0 Å². The van der Waals surface area contributed by atoms with Crippen molar-refractivity contribution in [3.63, 3.8) is 0 Å². The summed E-state index contributed by atoms with van der Waals surface area (Å²) in [7, 11) is 1.98. The molecule has 50 valence electrons. The fourth-order valence-electron chi connectivity index (χ4n) is 0.680. The predicted molar refractivity (Wildman–Crippen MR) is 41.8 cm³/mol. The molecule has 2 heteroatoms. The van der Waals surface area contributed by atoms with E-state index in [9.17, 15) is 0 Å². The van der Waals surface area contributed by atoms with Crippen molar-refractivity contribution in [1.29, 1.82) is 0 Å². The maximum absolute atomic E-state index is 3.18. The van der Waals surface area contributed by atoms with Gasteiger partial charge in [-0.3, -0.25) is 0 Å². The lowest BCUT2D eigenvalue weighted by Gasteiger charge is -2.04. The van der Waals surface area contributed by atoms with Gasteiger partial charge in [-0.05, 0) is 25.4 Å². The van der Waals surface area contributed by atoms with Gasteiger partial charge in [-0.15, -0.1) is 11.3 Å². The van der Waals surface area contributed by atoms with Crippen LogP contribution in [0, 0.1) is 0 Å². The van der Waals surface area contributed by atoms with E-state index < -0.39 is 0 Å². The second-order valence-corrected chi connectivity index (χ2v) is 3.01. The van der Waals surface area contributed by atoms with Gasteiger partial charge in [0.1, 0.15) is 0 Å². The Morgan fingerprint density at radius 2 is 2.44 bits per heavy atom. The van der Waals surface area contributed by atoms with E-state index in [1.165, 1.54) is 4.88 Å². The third-order valence-electron chi connectivity index (χ3n) is 1.40. The Morgan fingerprint density at radius 3 is 2.89 bits per heavy atom. The molecule has 0 aliphatic rings. The summed E-state index contributed by atoms with van der Waals surface area (Å²) in [5.74, 6) is 0. The van der Waals surface area contributed by atoms with Crippen LogP contribution < -0.4 is 5.32 Å². The zero-order valence-corrected chi connectivity index (χ0v) is 6.53. The summed E-state index contributed by atoms with van der Waals surface area (Å²) in [6.07, 6.45) is 0. The summed E-state index contributed by atoms with van der Waals surface area (Å²) in [5.41, 5.74) is 0. The first-order valence-corrected chi connectivity index (χ1v) is 3.93. The van der Waals surface area contributed by atoms with E-state index in [0.717, 1.165) is 0 Å². The van der Waals surface area contributed by atoms with Gasteiger partial charge in [0.25, 0.3) is 0 Å². The van der Waals surface area contributed by atoms with E-state index in [1.54, 1.807) is 11.3 Å². The SMILES string of the molecule is CN[C@@H](C)c1cccs1. The average Bonchev–Trinajstić information content (AvgIpc) is 2.37. The molecule has 0 radical (unpaired) electrons. The second kappa shape index (κ2) is 2.99. The minimum absolute atomic E-state index is 0.505. The lowest BCUT2D eigenvalue weighted by Crippen LogP contribution is -2.10. The molecule has 0 aromatic carbocycles. The van der Waals surface area contributed by atoms with Crippen LogP contribution in [0.15, 0.2) is 17.5 Å². The molecular weight excluding hydrogens is 130 g/mol. The zero-order valence-electron chi connectivity index (χ0n) is 5.72. The largest absolute Gasteiger partial charge is 0.313 e. The molecule has 0 saturated heterocycles. The van der Waals surface area contributed by atoms with Crippen molar-refractivity contribution in [3.05, 3.63) is 22.4 Å². The third kappa shape index (κ3) is 1.53. The molecular formula is C7H11NS. The Hall–Kier alpha value is -0.340. The highest BCUT2D eigenvalue weighted by molar-refractivity contribution is 7.10. The molecule has 1 nitrogen and oxygen atoms in total. The van der Waals surface area contributed by atoms with Gasteiger partial charge in [-0.1, -0.05) is 6.07 Å². The highest BCUT2D eigenvalue weighted by Crippen LogP contribution is 2.16. The lowest BCUT2D eigenvalue weighted by molar-refractivity contribution is 0.664. The Kier molecular flexibility index (Phi) is 2.25. The van der Waals surface area contributed by atoms with Crippen LogP contribution in [0.25, 0.3) is 0 Å². The third-order valence-corrected chi connectivity index (χ3v) is 2.46. The molecule has 0 bridgehead atoms. The van der Waals surface area contributed by atoms with Crippen LogP contribution in [0.5, 0.6) is 0 Å². The second-order valence-electron chi connectivity index (χ2n) is 2.03. The van der Waals surface area contributed by atoms with Crippen LogP contribution in [-0.2, 0) is 0 Å². The topological polar surface area (TPSA) is 12.0 Å². The van der Waals surface area contributed by atoms with Crippen molar-refractivity contribution >= 4 is 11.3 Å².